The van der Waals surface area contributed by atoms with Gasteiger partial charge in [-0.1, -0.05) is 0 Å². The molecule has 3 rings (SSSR count). The zero-order valence-corrected chi connectivity index (χ0v) is 10.8. The van der Waals surface area contributed by atoms with Crippen LogP contribution < -0.4 is 0 Å². The van der Waals surface area contributed by atoms with E-state index in [1.165, 1.54) is 17.7 Å². The predicted octanol–water partition coefficient (Wildman–Crippen LogP) is 2.48. The first kappa shape index (κ1) is 11.4. The molecule has 0 amide bonds. The lowest BCUT2D eigenvalue weighted by atomic mass is 9.95. The second-order valence-corrected chi connectivity index (χ2v) is 6.08. The number of aromatic nitrogens is 1. The molecule has 4 heteroatoms. The van der Waals surface area contributed by atoms with Crippen LogP contribution >= 0.6 is 11.3 Å². The van der Waals surface area contributed by atoms with Crippen LogP contribution in [0.1, 0.15) is 37.0 Å². The summed E-state index contributed by atoms with van der Waals surface area (Å²) in [6, 6.07) is 0.507. The van der Waals surface area contributed by atoms with Crippen LogP contribution in [0.4, 0.5) is 0 Å². The molecule has 2 heterocycles. The van der Waals surface area contributed by atoms with Crippen LogP contribution in [0.25, 0.3) is 0 Å². The van der Waals surface area contributed by atoms with E-state index in [0.29, 0.717) is 17.7 Å². The summed E-state index contributed by atoms with van der Waals surface area (Å²) in [5, 5.41) is 0. The van der Waals surface area contributed by atoms with Gasteiger partial charge in [0.15, 0.2) is 0 Å². The molecule has 2 atom stereocenters. The number of carbonyl (C=O) groups excluding carboxylic acids is 1. The van der Waals surface area contributed by atoms with E-state index in [-0.39, 0.29) is 0 Å². The number of carbonyl (C=O) groups is 1. The quantitative estimate of drug-likeness (QED) is 0.826. The van der Waals surface area contributed by atoms with Crippen LogP contribution in [-0.4, -0.2) is 28.3 Å². The number of ketones is 1. The van der Waals surface area contributed by atoms with Gasteiger partial charge in [-0.25, -0.2) is 0 Å². The van der Waals surface area contributed by atoms with Crippen molar-refractivity contribution in [2.75, 3.05) is 6.54 Å². The molecule has 2 fully saturated rings. The maximum atomic E-state index is 11.9. The highest BCUT2D eigenvalue weighted by Gasteiger charge is 2.37. The van der Waals surface area contributed by atoms with Gasteiger partial charge in [-0.2, -0.15) is 0 Å². The van der Waals surface area contributed by atoms with Crippen molar-refractivity contribution in [2.45, 2.75) is 44.7 Å². The molecular weight excluding hydrogens is 232 g/mol. The lowest BCUT2D eigenvalue weighted by Crippen LogP contribution is -2.36. The maximum absolute atomic E-state index is 11.9. The Morgan fingerprint density at radius 1 is 1.41 bits per heavy atom. The van der Waals surface area contributed by atoms with Crippen LogP contribution in [0.2, 0.25) is 0 Å². The Morgan fingerprint density at radius 3 is 3.06 bits per heavy atom. The number of hydrogen-bond donors (Lipinski definition) is 0. The summed E-state index contributed by atoms with van der Waals surface area (Å²) in [4.78, 5) is 19.8. The summed E-state index contributed by atoms with van der Waals surface area (Å²) >= 11 is 1.72. The topological polar surface area (TPSA) is 33.2 Å². The molecule has 1 aromatic rings. The second-order valence-electron chi connectivity index (χ2n) is 5.11. The van der Waals surface area contributed by atoms with Gasteiger partial charge in [-0.3, -0.25) is 14.7 Å². The summed E-state index contributed by atoms with van der Waals surface area (Å²) in [6.07, 6.45) is 7.44. The molecule has 2 unspecified atom stereocenters. The van der Waals surface area contributed by atoms with Crippen LogP contribution in [0.3, 0.4) is 0 Å². The van der Waals surface area contributed by atoms with Crippen LogP contribution in [0.5, 0.6) is 0 Å². The van der Waals surface area contributed by atoms with Gasteiger partial charge in [0.05, 0.1) is 5.51 Å². The van der Waals surface area contributed by atoms with Gasteiger partial charge in [0.1, 0.15) is 5.78 Å². The standard InChI is InChI=1S/C13H18N2OS/c16-13-5-1-3-11(13)12-4-2-6-15(12)8-10-7-14-9-17-10/h7,9,11-12H,1-6,8H2. The van der Waals surface area contributed by atoms with Gasteiger partial charge < -0.3 is 0 Å². The van der Waals surface area contributed by atoms with Gasteiger partial charge in [-0.05, 0) is 32.2 Å². The molecule has 0 spiro atoms. The average molecular weight is 250 g/mol. The van der Waals surface area contributed by atoms with Gasteiger partial charge >= 0.3 is 0 Å². The molecule has 1 aliphatic carbocycles. The molecule has 1 aromatic heterocycles. The Bertz CT molecular complexity index is 390. The van der Waals surface area contributed by atoms with Crippen molar-refractivity contribution >= 4 is 17.1 Å². The number of hydrogen-bond acceptors (Lipinski definition) is 4. The number of Topliss-reactive ketones (excluding diaryl/α,β-unsaturated/α-hetero) is 1. The molecule has 3 nitrogen and oxygen atoms in total. The monoisotopic (exact) mass is 250 g/mol. The summed E-state index contributed by atoms with van der Waals surface area (Å²) in [6.45, 7) is 2.13. The van der Waals surface area contributed by atoms with E-state index in [9.17, 15) is 4.79 Å². The number of thiazole rings is 1. The minimum absolute atomic E-state index is 0.324. The van der Waals surface area contributed by atoms with Crippen LogP contribution in [-0.2, 0) is 11.3 Å². The smallest absolute Gasteiger partial charge is 0.137 e. The van der Waals surface area contributed by atoms with E-state index in [0.717, 1.165) is 32.4 Å². The van der Waals surface area contributed by atoms with Crippen molar-refractivity contribution in [1.82, 2.24) is 9.88 Å². The fraction of sp³-hybridized carbons (Fsp3) is 0.692. The minimum atomic E-state index is 0.324. The first-order valence-corrected chi connectivity index (χ1v) is 7.36. The molecule has 1 aliphatic heterocycles. The molecule has 17 heavy (non-hydrogen) atoms. The number of nitrogens with zero attached hydrogens (tertiary/aromatic N) is 2. The van der Waals surface area contributed by atoms with Gasteiger partial charge in [0.2, 0.25) is 0 Å². The maximum Gasteiger partial charge on any atom is 0.137 e. The third-order valence-electron chi connectivity index (χ3n) is 4.07. The van der Waals surface area contributed by atoms with Gasteiger partial charge in [0.25, 0.3) is 0 Å². The van der Waals surface area contributed by atoms with E-state index in [1.807, 2.05) is 11.7 Å². The Kier molecular flexibility index (Phi) is 3.25. The molecule has 92 valence electrons. The first-order chi connectivity index (χ1) is 8.34. The molecule has 2 aliphatic rings. The Hall–Kier alpha value is -0.740. The predicted molar refractivity (Wildman–Crippen MR) is 67.9 cm³/mol. The fourth-order valence-corrected chi connectivity index (χ4v) is 3.89. The van der Waals surface area contributed by atoms with E-state index >= 15 is 0 Å². The van der Waals surface area contributed by atoms with Gasteiger partial charge in [-0.15, -0.1) is 11.3 Å². The summed E-state index contributed by atoms with van der Waals surface area (Å²) in [5.41, 5.74) is 1.89. The van der Waals surface area contributed by atoms with E-state index in [1.54, 1.807) is 11.3 Å². The first-order valence-electron chi connectivity index (χ1n) is 6.49. The zero-order valence-electron chi connectivity index (χ0n) is 9.97. The fourth-order valence-electron chi connectivity index (χ4n) is 3.27. The third kappa shape index (κ3) is 2.29. The highest BCUT2D eigenvalue weighted by Crippen LogP contribution is 2.34. The average Bonchev–Trinajstić information content (AvgIpc) is 3.00. The molecule has 0 N–H and O–H groups in total. The Balaban J connectivity index is 1.69. The molecular formula is C13H18N2OS. The molecule has 1 saturated heterocycles. The normalized spacial score (nSPS) is 30.2. The second kappa shape index (κ2) is 4.86. The lowest BCUT2D eigenvalue weighted by Gasteiger charge is -2.27. The molecule has 0 aromatic carbocycles. The van der Waals surface area contributed by atoms with Crippen molar-refractivity contribution in [3.05, 3.63) is 16.6 Å². The SMILES string of the molecule is O=C1CCCC1C1CCCN1Cc1cncs1. The third-order valence-corrected chi connectivity index (χ3v) is 4.84. The zero-order chi connectivity index (χ0) is 11.7. The van der Waals surface area contributed by atoms with Crippen molar-refractivity contribution in [1.29, 1.82) is 0 Å². The van der Waals surface area contributed by atoms with E-state index < -0.39 is 0 Å². The molecule has 0 radical (unpaired) electrons. The van der Waals surface area contributed by atoms with Crippen molar-refractivity contribution < 1.29 is 4.79 Å². The van der Waals surface area contributed by atoms with E-state index in [4.69, 9.17) is 0 Å². The highest BCUT2D eigenvalue weighted by molar-refractivity contribution is 7.09. The van der Waals surface area contributed by atoms with Crippen LogP contribution in [0.15, 0.2) is 11.7 Å². The van der Waals surface area contributed by atoms with Crippen LogP contribution in [0, 0.1) is 5.92 Å². The van der Waals surface area contributed by atoms with E-state index in [2.05, 4.69) is 9.88 Å². The summed E-state index contributed by atoms with van der Waals surface area (Å²) in [5.74, 6) is 0.830. The molecule has 0 bridgehead atoms. The summed E-state index contributed by atoms with van der Waals surface area (Å²) < 4.78 is 0. The summed E-state index contributed by atoms with van der Waals surface area (Å²) in [7, 11) is 0. The van der Waals surface area contributed by atoms with Crippen molar-refractivity contribution in [2.24, 2.45) is 5.92 Å². The van der Waals surface area contributed by atoms with Crippen molar-refractivity contribution in [3.8, 4) is 0 Å². The number of likely N-dealkylation sites (tertiary alicyclic amines) is 1. The Morgan fingerprint density at radius 2 is 2.35 bits per heavy atom. The lowest BCUT2D eigenvalue weighted by molar-refractivity contribution is -0.122. The van der Waals surface area contributed by atoms with Crippen molar-refractivity contribution in [3.63, 3.8) is 0 Å². The number of rotatable bonds is 3. The van der Waals surface area contributed by atoms with Gasteiger partial charge in [0, 0.05) is 36.0 Å². The largest absolute Gasteiger partial charge is 0.299 e. The highest BCUT2D eigenvalue weighted by atomic mass is 32.1. The minimum Gasteiger partial charge on any atom is -0.299 e. The Labute approximate surface area is 106 Å². The molecule has 1 saturated carbocycles.